The molecular weight excluding hydrogens is 304 g/mol. The number of benzene rings is 1. The van der Waals surface area contributed by atoms with Crippen LogP contribution in [0.5, 0.6) is 0 Å². The summed E-state index contributed by atoms with van der Waals surface area (Å²) in [6, 6.07) is 10.6. The second-order valence-electron chi connectivity index (χ2n) is 5.49. The van der Waals surface area contributed by atoms with Crippen LogP contribution >= 0.6 is 11.3 Å². The topological polar surface area (TPSA) is 52.2 Å². The lowest BCUT2D eigenvalue weighted by molar-refractivity contribution is 0.801. The molecule has 0 aliphatic rings. The van der Waals surface area contributed by atoms with E-state index in [0.717, 1.165) is 25.5 Å². The van der Waals surface area contributed by atoms with Crippen molar-refractivity contribution in [3.05, 3.63) is 57.9 Å². The van der Waals surface area contributed by atoms with Crippen molar-refractivity contribution in [1.29, 1.82) is 0 Å². The summed E-state index contributed by atoms with van der Waals surface area (Å²) in [6.07, 6.45) is 3.07. The second kappa shape index (κ2) is 7.33. The fourth-order valence-corrected chi connectivity index (χ4v) is 3.34. The van der Waals surface area contributed by atoms with Crippen LogP contribution < -0.4 is 10.6 Å². The van der Waals surface area contributed by atoms with E-state index in [0.29, 0.717) is 0 Å². The molecule has 0 unspecified atom stereocenters. The highest BCUT2D eigenvalue weighted by Crippen LogP contribution is 2.21. The number of hydrogen-bond donors (Lipinski definition) is 3. The van der Waals surface area contributed by atoms with Crippen LogP contribution in [-0.4, -0.2) is 24.5 Å². The summed E-state index contributed by atoms with van der Waals surface area (Å²) in [4.78, 5) is 8.96. The molecule has 0 fully saturated rings. The molecule has 0 aliphatic heterocycles. The van der Waals surface area contributed by atoms with E-state index in [1.54, 1.807) is 18.4 Å². The standard InChI is InChI=1S/C18H22N4S/c1-13-5-3-7-16-14(11-21-17(13)16)8-9-20-18(19-2)22-12-15-6-4-10-23-15/h3-7,10-11,21H,8-9,12H2,1-2H3,(H2,19,20,22). The Bertz CT molecular complexity index is 787. The number of hydrogen-bond acceptors (Lipinski definition) is 2. The normalized spacial score (nSPS) is 11.8. The van der Waals surface area contributed by atoms with E-state index in [9.17, 15) is 0 Å². The number of rotatable bonds is 5. The highest BCUT2D eigenvalue weighted by Gasteiger charge is 2.05. The van der Waals surface area contributed by atoms with Crippen molar-refractivity contribution >= 4 is 28.2 Å². The van der Waals surface area contributed by atoms with E-state index in [1.807, 2.05) is 0 Å². The van der Waals surface area contributed by atoms with Gasteiger partial charge < -0.3 is 15.6 Å². The van der Waals surface area contributed by atoms with Gasteiger partial charge in [0.1, 0.15) is 0 Å². The van der Waals surface area contributed by atoms with Crippen LogP contribution in [0.15, 0.2) is 46.9 Å². The van der Waals surface area contributed by atoms with Crippen molar-refractivity contribution < 1.29 is 0 Å². The molecule has 0 aliphatic carbocycles. The average molecular weight is 326 g/mol. The number of aromatic nitrogens is 1. The molecule has 0 saturated heterocycles. The van der Waals surface area contributed by atoms with Gasteiger partial charge in [-0.25, -0.2) is 0 Å². The number of nitrogens with zero attached hydrogens (tertiary/aromatic N) is 1. The van der Waals surface area contributed by atoms with Gasteiger partial charge in [0.25, 0.3) is 0 Å². The predicted molar refractivity (Wildman–Crippen MR) is 99.3 cm³/mol. The van der Waals surface area contributed by atoms with E-state index >= 15 is 0 Å². The zero-order valence-corrected chi connectivity index (χ0v) is 14.3. The SMILES string of the molecule is CN=C(NCCc1c[nH]c2c(C)cccc12)NCc1cccs1. The number of H-pyrrole nitrogens is 1. The Morgan fingerprint density at radius 1 is 1.22 bits per heavy atom. The van der Waals surface area contributed by atoms with Crippen LogP contribution in [0.1, 0.15) is 16.0 Å². The van der Waals surface area contributed by atoms with Gasteiger partial charge in [0.15, 0.2) is 5.96 Å². The molecule has 0 spiro atoms. The molecule has 3 rings (SSSR count). The Kier molecular flexibility index (Phi) is 4.98. The van der Waals surface area contributed by atoms with Gasteiger partial charge in [-0.15, -0.1) is 11.3 Å². The number of aliphatic imine (C=N–C) groups is 1. The Morgan fingerprint density at radius 2 is 2.13 bits per heavy atom. The lowest BCUT2D eigenvalue weighted by Crippen LogP contribution is -2.37. The average Bonchev–Trinajstić information content (AvgIpc) is 3.21. The van der Waals surface area contributed by atoms with Gasteiger partial charge in [0, 0.05) is 35.6 Å². The molecule has 0 amide bonds. The summed E-state index contributed by atoms with van der Waals surface area (Å²) in [5.74, 6) is 0.842. The van der Waals surface area contributed by atoms with Crippen LogP contribution in [0.4, 0.5) is 0 Å². The maximum absolute atomic E-state index is 4.27. The highest BCUT2D eigenvalue weighted by molar-refractivity contribution is 7.09. The molecule has 0 radical (unpaired) electrons. The lowest BCUT2D eigenvalue weighted by atomic mass is 10.1. The van der Waals surface area contributed by atoms with E-state index in [1.165, 1.54) is 26.9 Å². The first-order valence-electron chi connectivity index (χ1n) is 7.80. The lowest BCUT2D eigenvalue weighted by Gasteiger charge is -2.11. The number of aryl methyl sites for hydroxylation is 1. The van der Waals surface area contributed by atoms with Crippen LogP contribution in [0.25, 0.3) is 10.9 Å². The highest BCUT2D eigenvalue weighted by atomic mass is 32.1. The fourth-order valence-electron chi connectivity index (χ4n) is 2.69. The number of nitrogens with one attached hydrogen (secondary N) is 3. The molecule has 0 atom stereocenters. The Hall–Kier alpha value is -2.27. The van der Waals surface area contributed by atoms with Crippen molar-refractivity contribution in [2.45, 2.75) is 19.9 Å². The molecular formula is C18H22N4S. The molecule has 3 aromatic rings. The van der Waals surface area contributed by atoms with E-state index in [2.05, 4.69) is 69.4 Å². The van der Waals surface area contributed by atoms with E-state index in [-0.39, 0.29) is 0 Å². The molecule has 3 N–H and O–H groups in total. The molecule has 120 valence electrons. The third-order valence-corrected chi connectivity index (χ3v) is 4.81. The van der Waals surface area contributed by atoms with Gasteiger partial charge in [-0.1, -0.05) is 24.3 Å². The largest absolute Gasteiger partial charge is 0.361 e. The first-order valence-corrected chi connectivity index (χ1v) is 8.68. The van der Waals surface area contributed by atoms with E-state index < -0.39 is 0 Å². The van der Waals surface area contributed by atoms with Gasteiger partial charge in [-0.2, -0.15) is 0 Å². The predicted octanol–water partition coefficient (Wildman–Crippen LogP) is 3.45. The molecule has 4 nitrogen and oxygen atoms in total. The zero-order chi connectivity index (χ0) is 16.1. The Balaban J connectivity index is 1.54. The molecule has 0 bridgehead atoms. The van der Waals surface area contributed by atoms with Gasteiger partial charge >= 0.3 is 0 Å². The zero-order valence-electron chi connectivity index (χ0n) is 13.5. The first kappa shape index (κ1) is 15.6. The fraction of sp³-hybridized carbons (Fsp3) is 0.278. The van der Waals surface area contributed by atoms with Crippen molar-refractivity contribution in [2.75, 3.05) is 13.6 Å². The smallest absolute Gasteiger partial charge is 0.191 e. The maximum atomic E-state index is 4.27. The Morgan fingerprint density at radius 3 is 2.91 bits per heavy atom. The summed E-state index contributed by atoms with van der Waals surface area (Å²) < 4.78 is 0. The quantitative estimate of drug-likeness (QED) is 0.497. The summed E-state index contributed by atoms with van der Waals surface area (Å²) in [5, 5.41) is 10.1. The number of para-hydroxylation sites is 1. The van der Waals surface area contributed by atoms with Gasteiger partial charge in [0.05, 0.1) is 6.54 Å². The van der Waals surface area contributed by atoms with Crippen molar-refractivity contribution in [3.8, 4) is 0 Å². The van der Waals surface area contributed by atoms with Crippen LogP contribution in [0.3, 0.4) is 0 Å². The summed E-state index contributed by atoms with van der Waals surface area (Å²) in [6.45, 7) is 3.80. The number of fused-ring (bicyclic) bond motifs is 1. The molecule has 2 heterocycles. The third kappa shape index (κ3) is 3.74. The van der Waals surface area contributed by atoms with Crippen molar-refractivity contribution in [3.63, 3.8) is 0 Å². The van der Waals surface area contributed by atoms with E-state index in [4.69, 9.17) is 0 Å². The first-order chi connectivity index (χ1) is 11.3. The second-order valence-corrected chi connectivity index (χ2v) is 6.53. The minimum Gasteiger partial charge on any atom is -0.361 e. The van der Waals surface area contributed by atoms with Gasteiger partial charge in [-0.05, 0) is 35.9 Å². The third-order valence-electron chi connectivity index (χ3n) is 3.93. The van der Waals surface area contributed by atoms with Gasteiger partial charge in [-0.3, -0.25) is 4.99 Å². The number of guanidine groups is 1. The van der Waals surface area contributed by atoms with Gasteiger partial charge in [0.2, 0.25) is 0 Å². The summed E-state index contributed by atoms with van der Waals surface area (Å²) in [7, 11) is 1.80. The molecule has 23 heavy (non-hydrogen) atoms. The monoisotopic (exact) mass is 326 g/mol. The molecule has 1 aromatic carbocycles. The number of thiophene rings is 1. The number of aromatic amines is 1. The maximum Gasteiger partial charge on any atom is 0.191 e. The summed E-state index contributed by atoms with van der Waals surface area (Å²) in [5.41, 5.74) is 3.86. The Labute approximate surface area is 140 Å². The minimum atomic E-state index is 0.809. The summed E-state index contributed by atoms with van der Waals surface area (Å²) >= 11 is 1.75. The molecule has 5 heteroatoms. The molecule has 0 saturated carbocycles. The van der Waals surface area contributed by atoms with Crippen LogP contribution in [-0.2, 0) is 13.0 Å². The molecule has 2 aromatic heterocycles. The van der Waals surface area contributed by atoms with Crippen LogP contribution in [0.2, 0.25) is 0 Å². The van der Waals surface area contributed by atoms with Crippen molar-refractivity contribution in [1.82, 2.24) is 15.6 Å². The van der Waals surface area contributed by atoms with Crippen molar-refractivity contribution in [2.24, 2.45) is 4.99 Å². The minimum absolute atomic E-state index is 0.809. The van der Waals surface area contributed by atoms with Crippen LogP contribution in [0, 0.1) is 6.92 Å².